The summed E-state index contributed by atoms with van der Waals surface area (Å²) in [5, 5.41) is 3.24. The molecule has 1 aromatic carbocycles. The van der Waals surface area contributed by atoms with E-state index < -0.39 is 12.6 Å². The van der Waals surface area contributed by atoms with Crippen LogP contribution in [-0.4, -0.2) is 43.5 Å². The first-order valence-corrected chi connectivity index (χ1v) is 8.37. The zero-order valence-corrected chi connectivity index (χ0v) is 14.2. The summed E-state index contributed by atoms with van der Waals surface area (Å²) in [5.74, 6) is 0. The monoisotopic (exact) mass is 354 g/mol. The molecular weight excluding hydrogens is 333 g/mol. The van der Waals surface area contributed by atoms with E-state index in [1.807, 2.05) is 30.5 Å². The topological polar surface area (TPSA) is 15.3 Å². The van der Waals surface area contributed by atoms with E-state index in [9.17, 15) is 13.2 Å². The highest BCUT2D eigenvalue weighted by Crippen LogP contribution is 2.32. The van der Waals surface area contributed by atoms with E-state index in [-0.39, 0.29) is 24.9 Å². The molecule has 0 amide bonds. The highest BCUT2D eigenvalue weighted by atomic mass is 35.5. The molecule has 0 aliphatic carbocycles. The Morgan fingerprint density at radius 3 is 2.27 bits per heavy atom. The number of benzene rings is 1. The van der Waals surface area contributed by atoms with Crippen LogP contribution in [0.1, 0.15) is 24.4 Å². The number of rotatable bonds is 5. The molecule has 2 rings (SSSR count). The molecule has 2 nitrogen and oxygen atoms in total. The van der Waals surface area contributed by atoms with E-state index in [1.54, 1.807) is 11.8 Å². The lowest BCUT2D eigenvalue weighted by Crippen LogP contribution is -2.45. The van der Waals surface area contributed by atoms with Gasteiger partial charge >= 0.3 is 6.18 Å². The zero-order valence-electron chi connectivity index (χ0n) is 12.5. The molecule has 1 saturated heterocycles. The molecule has 1 aromatic rings. The molecular formula is C15H22ClF3N2S. The number of piperazine rings is 1. The zero-order chi connectivity index (χ0) is 15.3. The molecule has 22 heavy (non-hydrogen) atoms. The van der Waals surface area contributed by atoms with Crippen molar-refractivity contribution in [1.82, 2.24) is 10.2 Å². The van der Waals surface area contributed by atoms with Crippen molar-refractivity contribution >= 4 is 24.2 Å². The average molecular weight is 355 g/mol. The van der Waals surface area contributed by atoms with Gasteiger partial charge in [0.15, 0.2) is 0 Å². The molecule has 0 spiro atoms. The lowest BCUT2D eigenvalue weighted by molar-refractivity contribution is -0.138. The maximum Gasteiger partial charge on any atom is 0.389 e. The van der Waals surface area contributed by atoms with E-state index in [4.69, 9.17) is 0 Å². The van der Waals surface area contributed by atoms with Gasteiger partial charge in [0, 0.05) is 43.5 Å². The summed E-state index contributed by atoms with van der Waals surface area (Å²) in [4.78, 5) is 3.30. The van der Waals surface area contributed by atoms with Gasteiger partial charge in [-0.1, -0.05) is 12.1 Å². The fourth-order valence-electron chi connectivity index (χ4n) is 2.68. The molecule has 0 radical (unpaired) electrons. The SMILES string of the molecule is CSc1ccc([C@@H](CCC(F)(F)F)N2CCNCC2)cc1.Cl. The third kappa shape index (κ3) is 5.99. The van der Waals surface area contributed by atoms with Crippen LogP contribution in [0.5, 0.6) is 0 Å². The number of alkyl halides is 3. The lowest BCUT2D eigenvalue weighted by atomic mass is 9.99. The van der Waals surface area contributed by atoms with Gasteiger partial charge in [-0.2, -0.15) is 13.2 Å². The minimum Gasteiger partial charge on any atom is -0.314 e. The molecule has 0 bridgehead atoms. The van der Waals surface area contributed by atoms with Crippen LogP contribution in [0.3, 0.4) is 0 Å². The Kier molecular flexibility index (Phi) is 8.03. The van der Waals surface area contributed by atoms with Crippen molar-refractivity contribution in [2.45, 2.75) is 30.0 Å². The summed E-state index contributed by atoms with van der Waals surface area (Å²) >= 11 is 1.64. The molecule has 1 atom stereocenters. The van der Waals surface area contributed by atoms with Gasteiger partial charge in [-0.05, 0) is 30.4 Å². The standard InChI is InChI=1S/C15H21F3N2S.ClH/c1-21-13-4-2-12(3-5-13)14(6-7-15(16,17)18)20-10-8-19-9-11-20;/h2-5,14,19H,6-11H2,1H3;1H/t14-;/m1./s1. The van der Waals surface area contributed by atoms with Crippen LogP contribution in [0.25, 0.3) is 0 Å². The normalized spacial score (nSPS) is 17.8. The quantitative estimate of drug-likeness (QED) is 0.801. The van der Waals surface area contributed by atoms with Crippen molar-refractivity contribution in [1.29, 1.82) is 0 Å². The van der Waals surface area contributed by atoms with E-state index in [1.165, 1.54) is 0 Å². The van der Waals surface area contributed by atoms with Gasteiger partial charge in [0.05, 0.1) is 0 Å². The van der Waals surface area contributed by atoms with Gasteiger partial charge in [-0.25, -0.2) is 0 Å². The number of hydrogen-bond donors (Lipinski definition) is 1. The van der Waals surface area contributed by atoms with Gasteiger partial charge < -0.3 is 5.32 Å². The Morgan fingerprint density at radius 2 is 1.77 bits per heavy atom. The van der Waals surface area contributed by atoms with Gasteiger partial charge in [0.2, 0.25) is 0 Å². The summed E-state index contributed by atoms with van der Waals surface area (Å²) in [7, 11) is 0. The van der Waals surface area contributed by atoms with E-state index in [0.717, 1.165) is 36.6 Å². The van der Waals surface area contributed by atoms with Gasteiger partial charge in [-0.3, -0.25) is 4.90 Å². The molecule has 1 N–H and O–H groups in total. The van der Waals surface area contributed by atoms with Crippen molar-refractivity contribution in [3.63, 3.8) is 0 Å². The second-order valence-corrected chi connectivity index (χ2v) is 6.11. The number of nitrogens with zero attached hydrogens (tertiary/aromatic N) is 1. The Labute approximate surface area is 140 Å². The molecule has 7 heteroatoms. The highest BCUT2D eigenvalue weighted by Gasteiger charge is 2.31. The van der Waals surface area contributed by atoms with Crippen LogP contribution < -0.4 is 5.32 Å². The third-order valence-corrected chi connectivity index (χ3v) is 4.54. The number of nitrogens with one attached hydrogen (secondary N) is 1. The molecule has 0 aromatic heterocycles. The number of thioether (sulfide) groups is 1. The van der Waals surface area contributed by atoms with Crippen LogP contribution in [0, 0.1) is 0 Å². The van der Waals surface area contributed by atoms with Crippen molar-refractivity contribution in [3.05, 3.63) is 29.8 Å². The van der Waals surface area contributed by atoms with Gasteiger partial charge in [0.1, 0.15) is 0 Å². The maximum absolute atomic E-state index is 12.6. The minimum atomic E-state index is -4.09. The molecule has 1 aliphatic heterocycles. The summed E-state index contributed by atoms with van der Waals surface area (Å²) in [6.45, 7) is 3.27. The first-order chi connectivity index (χ1) is 9.99. The molecule has 126 valence electrons. The first-order valence-electron chi connectivity index (χ1n) is 7.15. The van der Waals surface area contributed by atoms with Crippen molar-refractivity contribution in [2.75, 3.05) is 32.4 Å². The summed E-state index contributed by atoms with van der Waals surface area (Å²) in [5.41, 5.74) is 0.985. The Balaban J connectivity index is 0.00000242. The highest BCUT2D eigenvalue weighted by molar-refractivity contribution is 7.98. The first kappa shape index (κ1) is 19.6. The molecule has 1 heterocycles. The molecule has 0 unspecified atom stereocenters. The summed E-state index contributed by atoms with van der Waals surface area (Å²) in [6.07, 6.45) is -2.70. The lowest BCUT2D eigenvalue weighted by Gasteiger charge is -2.35. The predicted octanol–water partition coefficient (Wildman–Crippen LogP) is 4.12. The fraction of sp³-hybridized carbons (Fsp3) is 0.600. The van der Waals surface area contributed by atoms with Crippen molar-refractivity contribution in [3.8, 4) is 0 Å². The summed E-state index contributed by atoms with van der Waals surface area (Å²) in [6, 6.07) is 7.76. The van der Waals surface area contributed by atoms with Crippen LogP contribution in [0.4, 0.5) is 13.2 Å². The van der Waals surface area contributed by atoms with Gasteiger partial charge in [-0.15, -0.1) is 24.2 Å². The van der Waals surface area contributed by atoms with Crippen LogP contribution in [-0.2, 0) is 0 Å². The Morgan fingerprint density at radius 1 is 1.18 bits per heavy atom. The predicted molar refractivity (Wildman–Crippen MR) is 87.9 cm³/mol. The van der Waals surface area contributed by atoms with Crippen molar-refractivity contribution in [2.24, 2.45) is 0 Å². The van der Waals surface area contributed by atoms with Crippen LogP contribution >= 0.6 is 24.2 Å². The minimum absolute atomic E-state index is 0. The molecule has 0 saturated carbocycles. The number of hydrogen-bond acceptors (Lipinski definition) is 3. The van der Waals surface area contributed by atoms with E-state index in [2.05, 4.69) is 10.2 Å². The second kappa shape index (κ2) is 9.01. The maximum atomic E-state index is 12.6. The molecule has 1 aliphatic rings. The third-order valence-electron chi connectivity index (χ3n) is 3.79. The second-order valence-electron chi connectivity index (χ2n) is 5.23. The average Bonchev–Trinajstić information content (AvgIpc) is 2.48. The number of halogens is 4. The van der Waals surface area contributed by atoms with Crippen LogP contribution in [0.15, 0.2) is 29.2 Å². The van der Waals surface area contributed by atoms with Crippen molar-refractivity contribution < 1.29 is 13.2 Å². The largest absolute Gasteiger partial charge is 0.389 e. The Hall–Kier alpha value is -0.430. The van der Waals surface area contributed by atoms with E-state index in [0.29, 0.717) is 0 Å². The smallest absolute Gasteiger partial charge is 0.314 e. The van der Waals surface area contributed by atoms with Crippen LogP contribution in [0.2, 0.25) is 0 Å². The van der Waals surface area contributed by atoms with Gasteiger partial charge in [0.25, 0.3) is 0 Å². The summed E-state index contributed by atoms with van der Waals surface area (Å²) < 4.78 is 37.8. The van der Waals surface area contributed by atoms with E-state index >= 15 is 0 Å². The Bertz CT molecular complexity index is 433. The molecule has 1 fully saturated rings. The fourth-order valence-corrected chi connectivity index (χ4v) is 3.09.